The highest BCUT2D eigenvalue weighted by molar-refractivity contribution is 6.03. The van der Waals surface area contributed by atoms with Crippen LogP contribution in [0.1, 0.15) is 36.5 Å². The second-order valence-electron chi connectivity index (χ2n) is 8.02. The smallest absolute Gasteiger partial charge is 0.219 e. The largest absolute Gasteiger partial charge is 0.388 e. The average molecular weight is 389 g/mol. The van der Waals surface area contributed by atoms with Gasteiger partial charge in [0.05, 0.1) is 5.69 Å². The Bertz CT molecular complexity index is 1010. The molecule has 5 heteroatoms. The van der Waals surface area contributed by atoms with Gasteiger partial charge in [-0.1, -0.05) is 12.1 Å². The van der Waals surface area contributed by atoms with E-state index in [1.54, 1.807) is 6.92 Å². The van der Waals surface area contributed by atoms with Gasteiger partial charge in [0.25, 0.3) is 0 Å². The van der Waals surface area contributed by atoms with Gasteiger partial charge in [0.2, 0.25) is 5.91 Å². The minimum absolute atomic E-state index is 0.0863. The summed E-state index contributed by atoms with van der Waals surface area (Å²) >= 11 is 0. The lowest BCUT2D eigenvalue weighted by Gasteiger charge is -2.20. The van der Waals surface area contributed by atoms with E-state index < -0.39 is 0 Å². The third-order valence-electron chi connectivity index (χ3n) is 6.15. The van der Waals surface area contributed by atoms with Gasteiger partial charge in [0, 0.05) is 50.6 Å². The fraction of sp³-hybridized carbons (Fsp3) is 0.375. The summed E-state index contributed by atoms with van der Waals surface area (Å²) in [5, 5.41) is 12.1. The van der Waals surface area contributed by atoms with Gasteiger partial charge in [0.1, 0.15) is 0 Å². The molecule has 1 fully saturated rings. The lowest BCUT2D eigenvalue weighted by atomic mass is 9.87. The zero-order valence-corrected chi connectivity index (χ0v) is 17.4. The third kappa shape index (κ3) is 3.69. The molecule has 2 heterocycles. The third-order valence-corrected chi connectivity index (χ3v) is 6.15. The normalized spacial score (nSPS) is 17.9. The van der Waals surface area contributed by atoms with Crippen molar-refractivity contribution in [3.8, 4) is 11.1 Å². The maximum Gasteiger partial charge on any atom is 0.219 e. The van der Waals surface area contributed by atoms with Gasteiger partial charge in [-0.2, -0.15) is 0 Å². The van der Waals surface area contributed by atoms with Crippen molar-refractivity contribution < 1.29 is 4.79 Å². The van der Waals surface area contributed by atoms with E-state index in [0.717, 1.165) is 53.9 Å². The van der Waals surface area contributed by atoms with Crippen LogP contribution < -0.4 is 5.32 Å². The second kappa shape index (κ2) is 7.82. The summed E-state index contributed by atoms with van der Waals surface area (Å²) in [4.78, 5) is 18.2. The summed E-state index contributed by atoms with van der Waals surface area (Å²) in [5.74, 6) is 0.179. The first-order chi connectivity index (χ1) is 14.0. The van der Waals surface area contributed by atoms with Crippen LogP contribution in [0, 0.1) is 18.3 Å². The average Bonchev–Trinajstić information content (AvgIpc) is 3.23. The van der Waals surface area contributed by atoms with Crippen molar-refractivity contribution in [3.05, 3.63) is 47.0 Å². The lowest BCUT2D eigenvalue weighted by Crippen LogP contribution is -2.27. The predicted molar refractivity (Wildman–Crippen MR) is 120 cm³/mol. The molecule has 0 aromatic heterocycles. The number of aryl methyl sites for hydroxylation is 1. The van der Waals surface area contributed by atoms with E-state index in [-0.39, 0.29) is 11.8 Å². The molecule has 0 radical (unpaired) electrons. The van der Waals surface area contributed by atoms with Crippen LogP contribution in [-0.4, -0.2) is 42.9 Å². The Kier molecular flexibility index (Phi) is 5.22. The minimum Gasteiger partial charge on any atom is -0.388 e. The molecule has 0 bridgehead atoms. The van der Waals surface area contributed by atoms with Crippen molar-refractivity contribution in [2.45, 2.75) is 33.1 Å². The molecule has 29 heavy (non-hydrogen) atoms. The maximum absolute atomic E-state index is 11.7. The van der Waals surface area contributed by atoms with Crippen LogP contribution in [0.3, 0.4) is 0 Å². The van der Waals surface area contributed by atoms with Crippen molar-refractivity contribution >= 4 is 29.2 Å². The molecular formula is C24H28N4O. The Morgan fingerprint density at radius 3 is 2.83 bits per heavy atom. The number of fused-ring (bicyclic) bond motifs is 1. The van der Waals surface area contributed by atoms with Crippen LogP contribution in [0.4, 0.5) is 11.4 Å². The van der Waals surface area contributed by atoms with Gasteiger partial charge in [-0.05, 0) is 72.2 Å². The van der Waals surface area contributed by atoms with E-state index in [2.05, 4.69) is 47.6 Å². The fourth-order valence-corrected chi connectivity index (χ4v) is 4.40. The molecule has 2 N–H and O–H groups in total. The summed E-state index contributed by atoms with van der Waals surface area (Å²) in [5.41, 5.74) is 8.40. The highest BCUT2D eigenvalue weighted by Crippen LogP contribution is 2.37. The van der Waals surface area contributed by atoms with E-state index in [0.29, 0.717) is 12.3 Å². The Morgan fingerprint density at radius 2 is 2.10 bits per heavy atom. The van der Waals surface area contributed by atoms with Gasteiger partial charge >= 0.3 is 0 Å². The van der Waals surface area contributed by atoms with Crippen LogP contribution in [0.15, 0.2) is 35.3 Å². The zero-order valence-electron chi connectivity index (χ0n) is 17.4. The molecule has 2 aromatic carbocycles. The number of nitrogens with zero attached hydrogens (tertiary/aromatic N) is 2. The SMILES string of the molecule is CNc1cc(-c2cc(C(=N)[C@H]3CCN(C(C)=O)C3)cc3c2CCC=N3)ccc1C. The van der Waals surface area contributed by atoms with Gasteiger partial charge < -0.3 is 15.6 Å². The zero-order chi connectivity index (χ0) is 20.5. The van der Waals surface area contributed by atoms with Gasteiger partial charge in [-0.15, -0.1) is 0 Å². The second-order valence-corrected chi connectivity index (χ2v) is 8.02. The van der Waals surface area contributed by atoms with E-state index >= 15 is 0 Å². The Balaban J connectivity index is 1.76. The van der Waals surface area contributed by atoms with Crippen LogP contribution in [0.2, 0.25) is 0 Å². The summed E-state index contributed by atoms with van der Waals surface area (Å²) in [6, 6.07) is 10.7. The number of anilines is 1. The topological polar surface area (TPSA) is 68.6 Å². The van der Waals surface area contributed by atoms with Crippen LogP contribution in [-0.2, 0) is 11.2 Å². The highest BCUT2D eigenvalue weighted by atomic mass is 16.2. The molecule has 4 rings (SSSR count). The molecular weight excluding hydrogens is 360 g/mol. The molecule has 0 aliphatic carbocycles. The molecule has 2 aromatic rings. The van der Waals surface area contributed by atoms with E-state index in [1.807, 2.05) is 18.2 Å². The van der Waals surface area contributed by atoms with E-state index in [1.165, 1.54) is 11.1 Å². The van der Waals surface area contributed by atoms with Crippen LogP contribution in [0.5, 0.6) is 0 Å². The first-order valence-electron chi connectivity index (χ1n) is 10.3. The highest BCUT2D eigenvalue weighted by Gasteiger charge is 2.29. The number of carbonyl (C=O) groups excluding carboxylic acids is 1. The Hall–Kier alpha value is -2.95. The summed E-state index contributed by atoms with van der Waals surface area (Å²) < 4.78 is 0. The van der Waals surface area contributed by atoms with Crippen molar-refractivity contribution in [2.75, 3.05) is 25.5 Å². The van der Waals surface area contributed by atoms with Crippen molar-refractivity contribution in [3.63, 3.8) is 0 Å². The molecule has 2 aliphatic rings. The summed E-state index contributed by atoms with van der Waals surface area (Å²) in [6.07, 6.45) is 4.73. The summed E-state index contributed by atoms with van der Waals surface area (Å²) in [6.45, 7) is 5.08. The number of carbonyl (C=O) groups is 1. The predicted octanol–water partition coefficient (Wildman–Crippen LogP) is 4.59. The molecule has 0 unspecified atom stereocenters. The van der Waals surface area contributed by atoms with Crippen LogP contribution in [0.25, 0.3) is 11.1 Å². The minimum atomic E-state index is 0.0863. The Labute approximate surface area is 172 Å². The number of amides is 1. The number of nitrogens with one attached hydrogen (secondary N) is 2. The van der Waals surface area contributed by atoms with Crippen molar-refractivity contribution in [1.29, 1.82) is 5.41 Å². The van der Waals surface area contributed by atoms with Crippen LogP contribution >= 0.6 is 0 Å². The monoisotopic (exact) mass is 388 g/mol. The first-order valence-corrected chi connectivity index (χ1v) is 10.3. The number of hydrogen-bond donors (Lipinski definition) is 2. The first kappa shape index (κ1) is 19.4. The lowest BCUT2D eigenvalue weighted by molar-refractivity contribution is -0.127. The van der Waals surface area contributed by atoms with E-state index in [4.69, 9.17) is 5.41 Å². The molecule has 5 nitrogen and oxygen atoms in total. The number of likely N-dealkylation sites (tertiary alicyclic amines) is 1. The van der Waals surface area contributed by atoms with Crippen molar-refractivity contribution in [2.24, 2.45) is 10.9 Å². The molecule has 150 valence electrons. The fourth-order valence-electron chi connectivity index (χ4n) is 4.40. The molecule has 0 saturated carbocycles. The van der Waals surface area contributed by atoms with Gasteiger partial charge in [-0.3, -0.25) is 9.79 Å². The number of hydrogen-bond acceptors (Lipinski definition) is 4. The molecule has 1 amide bonds. The molecule has 0 spiro atoms. The van der Waals surface area contributed by atoms with Crippen molar-refractivity contribution in [1.82, 2.24) is 4.90 Å². The number of aliphatic imine (C=N–C) groups is 1. The number of rotatable bonds is 4. The molecule has 1 atom stereocenters. The standard InChI is InChI=1S/C24H28N4O/c1-15-6-7-17(12-22(15)26-3)21-11-19(13-23-20(21)5-4-9-27-23)24(25)18-8-10-28(14-18)16(2)29/h6-7,9,11-13,18,25-26H,4-5,8,10,14H2,1-3H3/t18-/m0/s1. The Morgan fingerprint density at radius 1 is 1.28 bits per heavy atom. The van der Waals surface area contributed by atoms with E-state index in [9.17, 15) is 4.79 Å². The number of benzene rings is 2. The van der Waals surface area contributed by atoms with Gasteiger partial charge in [0.15, 0.2) is 0 Å². The van der Waals surface area contributed by atoms with Gasteiger partial charge in [-0.25, -0.2) is 0 Å². The quantitative estimate of drug-likeness (QED) is 0.752. The molecule has 2 aliphatic heterocycles. The summed E-state index contributed by atoms with van der Waals surface area (Å²) in [7, 11) is 1.94. The maximum atomic E-state index is 11.7. The molecule has 1 saturated heterocycles.